The van der Waals surface area contributed by atoms with Crippen LogP contribution >= 0.6 is 0 Å². The van der Waals surface area contributed by atoms with E-state index in [-0.39, 0.29) is 5.75 Å². The monoisotopic (exact) mass is 291 g/mol. The predicted octanol–water partition coefficient (Wildman–Crippen LogP) is 3.35. The maximum atomic E-state index is 12.0. The summed E-state index contributed by atoms with van der Waals surface area (Å²) < 4.78 is 45.1. The molecule has 0 aliphatic heterocycles. The van der Waals surface area contributed by atoms with Crippen molar-refractivity contribution in [1.29, 1.82) is 0 Å². The van der Waals surface area contributed by atoms with Crippen molar-refractivity contribution in [3.05, 3.63) is 29.8 Å². The molecule has 0 aliphatic rings. The molecule has 114 valence electrons. The van der Waals surface area contributed by atoms with Gasteiger partial charge in [0.1, 0.15) is 5.75 Å². The van der Waals surface area contributed by atoms with E-state index in [9.17, 15) is 13.2 Å². The average molecular weight is 291 g/mol. The topological polar surface area (TPSA) is 30.5 Å². The van der Waals surface area contributed by atoms with Crippen molar-refractivity contribution in [2.24, 2.45) is 5.92 Å². The second-order valence-electron chi connectivity index (χ2n) is 4.84. The lowest BCUT2D eigenvalue weighted by molar-refractivity contribution is -0.274. The van der Waals surface area contributed by atoms with Crippen LogP contribution in [0, 0.1) is 5.92 Å². The van der Waals surface area contributed by atoms with Crippen LogP contribution in [0.15, 0.2) is 24.3 Å². The second-order valence-corrected chi connectivity index (χ2v) is 4.84. The molecular formula is C14H20F3NO2. The summed E-state index contributed by atoms with van der Waals surface area (Å²) in [6.07, 6.45) is -4.65. The van der Waals surface area contributed by atoms with Crippen molar-refractivity contribution >= 4 is 0 Å². The van der Waals surface area contributed by atoms with Gasteiger partial charge in [-0.1, -0.05) is 26.0 Å². The zero-order valence-corrected chi connectivity index (χ0v) is 11.7. The van der Waals surface area contributed by atoms with Crippen LogP contribution in [-0.4, -0.2) is 26.1 Å². The van der Waals surface area contributed by atoms with E-state index in [0.717, 1.165) is 12.2 Å². The number of ether oxygens (including phenoxy) is 2. The second kappa shape index (κ2) is 8.11. The minimum absolute atomic E-state index is 0.207. The maximum Gasteiger partial charge on any atom is 0.573 e. The molecule has 0 heterocycles. The fourth-order valence-corrected chi connectivity index (χ4v) is 1.51. The highest BCUT2D eigenvalue weighted by atomic mass is 19.4. The first kappa shape index (κ1) is 16.8. The van der Waals surface area contributed by atoms with Crippen LogP contribution in [0.4, 0.5) is 13.2 Å². The summed E-state index contributed by atoms with van der Waals surface area (Å²) in [4.78, 5) is 0. The van der Waals surface area contributed by atoms with E-state index in [0.29, 0.717) is 25.6 Å². The smallest absolute Gasteiger partial charge is 0.406 e. The van der Waals surface area contributed by atoms with E-state index in [1.165, 1.54) is 12.1 Å². The van der Waals surface area contributed by atoms with Gasteiger partial charge in [-0.3, -0.25) is 0 Å². The van der Waals surface area contributed by atoms with Gasteiger partial charge in [-0.2, -0.15) is 0 Å². The van der Waals surface area contributed by atoms with E-state index in [1.807, 2.05) is 0 Å². The summed E-state index contributed by atoms with van der Waals surface area (Å²) >= 11 is 0. The average Bonchev–Trinajstić information content (AvgIpc) is 2.33. The molecule has 0 aliphatic carbocycles. The minimum atomic E-state index is -4.65. The van der Waals surface area contributed by atoms with Crippen LogP contribution in [0.2, 0.25) is 0 Å². The number of alkyl halides is 3. The first-order valence-corrected chi connectivity index (χ1v) is 6.50. The third kappa shape index (κ3) is 8.01. The van der Waals surface area contributed by atoms with Crippen LogP contribution in [0.25, 0.3) is 0 Å². The normalized spacial score (nSPS) is 11.9. The van der Waals surface area contributed by atoms with Gasteiger partial charge in [0.2, 0.25) is 0 Å². The first-order valence-electron chi connectivity index (χ1n) is 6.50. The minimum Gasteiger partial charge on any atom is -0.406 e. The maximum absolute atomic E-state index is 12.0. The highest BCUT2D eigenvalue weighted by Crippen LogP contribution is 2.22. The molecule has 1 N–H and O–H groups in total. The standard InChI is InChI=1S/C14H20F3NO2/c1-11(2)10-19-8-7-18-9-12-3-5-13(6-4-12)20-14(15,16)17/h3-6,11,18H,7-10H2,1-2H3. The van der Waals surface area contributed by atoms with Crippen LogP contribution in [0.3, 0.4) is 0 Å². The molecule has 0 bridgehead atoms. The summed E-state index contributed by atoms with van der Waals surface area (Å²) in [6.45, 7) is 6.79. The summed E-state index contributed by atoms with van der Waals surface area (Å²) in [6, 6.07) is 5.81. The molecule has 1 aromatic rings. The van der Waals surface area contributed by atoms with E-state index in [1.54, 1.807) is 12.1 Å². The quantitative estimate of drug-likeness (QED) is 0.745. The van der Waals surface area contributed by atoms with Crippen molar-refractivity contribution in [1.82, 2.24) is 5.32 Å². The number of rotatable bonds is 8. The fraction of sp³-hybridized carbons (Fsp3) is 0.571. The summed E-state index contributed by atoms with van der Waals surface area (Å²) in [5, 5.41) is 3.16. The third-order valence-electron chi connectivity index (χ3n) is 2.36. The summed E-state index contributed by atoms with van der Waals surface area (Å²) in [5.41, 5.74) is 0.892. The fourth-order valence-electron chi connectivity index (χ4n) is 1.51. The lowest BCUT2D eigenvalue weighted by Crippen LogP contribution is -2.20. The van der Waals surface area contributed by atoms with Crippen LogP contribution in [-0.2, 0) is 11.3 Å². The number of halogens is 3. The SMILES string of the molecule is CC(C)COCCNCc1ccc(OC(F)(F)F)cc1. The Morgan fingerprint density at radius 2 is 1.80 bits per heavy atom. The zero-order valence-electron chi connectivity index (χ0n) is 11.7. The van der Waals surface area contributed by atoms with Gasteiger partial charge < -0.3 is 14.8 Å². The highest BCUT2D eigenvalue weighted by Gasteiger charge is 2.30. The van der Waals surface area contributed by atoms with E-state index < -0.39 is 6.36 Å². The molecular weight excluding hydrogens is 271 g/mol. The largest absolute Gasteiger partial charge is 0.573 e. The molecule has 0 fully saturated rings. The molecule has 0 saturated carbocycles. The summed E-state index contributed by atoms with van der Waals surface area (Å²) in [7, 11) is 0. The van der Waals surface area contributed by atoms with E-state index in [4.69, 9.17) is 4.74 Å². The number of hydrogen-bond donors (Lipinski definition) is 1. The number of hydrogen-bond acceptors (Lipinski definition) is 3. The lowest BCUT2D eigenvalue weighted by Gasteiger charge is -2.10. The van der Waals surface area contributed by atoms with Gasteiger partial charge in [-0.25, -0.2) is 0 Å². The van der Waals surface area contributed by atoms with Crippen LogP contribution in [0.5, 0.6) is 5.75 Å². The lowest BCUT2D eigenvalue weighted by atomic mass is 10.2. The molecule has 0 spiro atoms. The molecule has 0 atom stereocenters. The molecule has 0 aromatic heterocycles. The van der Waals surface area contributed by atoms with Gasteiger partial charge in [-0.05, 0) is 23.6 Å². The Morgan fingerprint density at radius 3 is 2.35 bits per heavy atom. The van der Waals surface area contributed by atoms with Gasteiger partial charge in [0.25, 0.3) is 0 Å². The zero-order chi connectivity index (χ0) is 15.0. The first-order chi connectivity index (χ1) is 9.37. The van der Waals surface area contributed by atoms with E-state index >= 15 is 0 Å². The molecule has 20 heavy (non-hydrogen) atoms. The van der Waals surface area contributed by atoms with Gasteiger partial charge in [0.15, 0.2) is 0 Å². The molecule has 3 nitrogen and oxygen atoms in total. The molecule has 0 amide bonds. The van der Waals surface area contributed by atoms with Gasteiger partial charge >= 0.3 is 6.36 Å². The van der Waals surface area contributed by atoms with Crippen molar-refractivity contribution in [3.8, 4) is 5.75 Å². The third-order valence-corrected chi connectivity index (χ3v) is 2.36. The molecule has 1 aromatic carbocycles. The van der Waals surface area contributed by atoms with Crippen LogP contribution < -0.4 is 10.1 Å². The number of nitrogens with one attached hydrogen (secondary N) is 1. The van der Waals surface area contributed by atoms with Crippen molar-refractivity contribution in [2.75, 3.05) is 19.8 Å². The van der Waals surface area contributed by atoms with Gasteiger partial charge in [-0.15, -0.1) is 13.2 Å². The Kier molecular flexibility index (Phi) is 6.81. The van der Waals surface area contributed by atoms with E-state index in [2.05, 4.69) is 23.9 Å². The summed E-state index contributed by atoms with van der Waals surface area (Å²) in [5.74, 6) is 0.303. The Labute approximate surface area is 117 Å². The predicted molar refractivity (Wildman–Crippen MR) is 70.5 cm³/mol. The van der Waals surface area contributed by atoms with Crippen LogP contribution in [0.1, 0.15) is 19.4 Å². The molecule has 6 heteroatoms. The molecule has 0 unspecified atom stereocenters. The Balaban J connectivity index is 2.21. The molecule has 0 radical (unpaired) electrons. The van der Waals surface area contributed by atoms with Crippen molar-refractivity contribution < 1.29 is 22.6 Å². The Morgan fingerprint density at radius 1 is 1.15 bits per heavy atom. The van der Waals surface area contributed by atoms with Crippen molar-refractivity contribution in [2.45, 2.75) is 26.8 Å². The number of benzene rings is 1. The Hall–Kier alpha value is -1.27. The Bertz CT molecular complexity index is 377. The highest BCUT2D eigenvalue weighted by molar-refractivity contribution is 5.27. The van der Waals surface area contributed by atoms with Crippen molar-refractivity contribution in [3.63, 3.8) is 0 Å². The molecule has 1 rings (SSSR count). The van der Waals surface area contributed by atoms with Gasteiger partial charge in [0, 0.05) is 19.7 Å². The van der Waals surface area contributed by atoms with Gasteiger partial charge in [0.05, 0.1) is 6.61 Å². The molecule has 0 saturated heterocycles.